The summed E-state index contributed by atoms with van der Waals surface area (Å²) >= 11 is 0. The van der Waals surface area contributed by atoms with Gasteiger partial charge in [0.15, 0.2) is 0 Å². The van der Waals surface area contributed by atoms with Gasteiger partial charge in [0.05, 0.1) is 23.4 Å². The number of carbonyl (C=O) groups is 1. The molecule has 0 atom stereocenters. The molecule has 0 radical (unpaired) electrons. The molecule has 0 saturated heterocycles. The second-order valence-corrected chi connectivity index (χ2v) is 3.53. The zero-order valence-corrected chi connectivity index (χ0v) is 9.97. The number of nitrogens with one attached hydrogen (secondary N) is 1. The molecule has 6 heteroatoms. The van der Waals surface area contributed by atoms with Gasteiger partial charge in [-0.25, -0.2) is 0 Å². The summed E-state index contributed by atoms with van der Waals surface area (Å²) in [4.78, 5) is 13.2. The van der Waals surface area contributed by atoms with Crippen LogP contribution in [0.15, 0.2) is 18.2 Å². The van der Waals surface area contributed by atoms with Crippen LogP contribution >= 0.6 is 0 Å². The molecule has 0 heterocycles. The average Bonchev–Trinajstić information content (AvgIpc) is 2.37. The minimum atomic E-state index is -0.286. The van der Waals surface area contributed by atoms with E-state index in [0.717, 1.165) is 0 Å². The van der Waals surface area contributed by atoms with Gasteiger partial charge in [0.25, 0.3) is 5.91 Å². The molecule has 6 nitrogen and oxygen atoms in total. The van der Waals surface area contributed by atoms with E-state index in [-0.39, 0.29) is 19.0 Å². The van der Waals surface area contributed by atoms with Gasteiger partial charge in [-0.2, -0.15) is 10.5 Å². The van der Waals surface area contributed by atoms with Gasteiger partial charge in [-0.1, -0.05) is 0 Å². The lowest BCUT2D eigenvalue weighted by molar-refractivity contribution is 0.0963. The van der Waals surface area contributed by atoms with Crippen LogP contribution in [0.25, 0.3) is 0 Å². The van der Waals surface area contributed by atoms with Crippen LogP contribution in [0.4, 0.5) is 11.4 Å². The minimum Gasteiger partial charge on any atom is -0.399 e. The normalized spacial score (nSPS) is 9.06. The fourth-order valence-corrected chi connectivity index (χ4v) is 1.53. The third-order valence-corrected chi connectivity index (χ3v) is 2.36. The molecule has 1 rings (SSSR count). The summed E-state index contributed by atoms with van der Waals surface area (Å²) in [7, 11) is 1.52. The highest BCUT2D eigenvalue weighted by molar-refractivity contribution is 6.00. The summed E-state index contributed by atoms with van der Waals surface area (Å²) in [6.45, 7) is 0.0298. The van der Waals surface area contributed by atoms with Crippen LogP contribution in [-0.4, -0.2) is 26.0 Å². The molecule has 18 heavy (non-hydrogen) atoms. The standard InChI is InChI=1S/C12H13N5O/c1-16-12(18)10-3-2-9(15)8-11(10)17(6-4-13)7-5-14/h2-3,8H,6-7,15H2,1H3,(H,16,18). The average molecular weight is 243 g/mol. The van der Waals surface area contributed by atoms with Crippen molar-refractivity contribution in [1.82, 2.24) is 5.32 Å². The molecule has 1 aromatic rings. The second-order valence-electron chi connectivity index (χ2n) is 3.53. The molecule has 1 amide bonds. The molecule has 0 aliphatic rings. The first kappa shape index (κ1) is 13.3. The SMILES string of the molecule is CNC(=O)c1ccc(N)cc1N(CC#N)CC#N. The number of nitriles is 2. The molecule has 0 spiro atoms. The zero-order valence-electron chi connectivity index (χ0n) is 9.97. The first-order valence-corrected chi connectivity index (χ1v) is 5.24. The molecule has 0 bridgehead atoms. The Morgan fingerprint density at radius 2 is 2.00 bits per heavy atom. The minimum absolute atomic E-state index is 0.0149. The van der Waals surface area contributed by atoms with E-state index in [1.54, 1.807) is 18.2 Å². The van der Waals surface area contributed by atoms with E-state index >= 15 is 0 Å². The highest BCUT2D eigenvalue weighted by Gasteiger charge is 2.15. The maximum Gasteiger partial charge on any atom is 0.253 e. The molecule has 3 N–H and O–H groups in total. The fraction of sp³-hybridized carbons (Fsp3) is 0.250. The second kappa shape index (κ2) is 6.12. The molecular weight excluding hydrogens is 230 g/mol. The quantitative estimate of drug-likeness (QED) is 0.591. The maximum absolute atomic E-state index is 11.7. The first-order valence-electron chi connectivity index (χ1n) is 5.24. The smallest absolute Gasteiger partial charge is 0.253 e. The Bertz CT molecular complexity index is 510. The Balaban J connectivity index is 3.26. The predicted octanol–water partition coefficient (Wildman–Crippen LogP) is 0.482. The number of nitrogen functional groups attached to an aromatic ring is 1. The van der Waals surface area contributed by atoms with Crippen molar-refractivity contribution < 1.29 is 4.79 Å². The summed E-state index contributed by atoms with van der Waals surface area (Å²) in [5.41, 5.74) is 7.02. The number of amides is 1. The number of nitrogens with two attached hydrogens (primary N) is 1. The molecule has 92 valence electrons. The van der Waals surface area contributed by atoms with Gasteiger partial charge in [-0.05, 0) is 18.2 Å². The number of benzene rings is 1. The molecule has 0 aliphatic heterocycles. The van der Waals surface area contributed by atoms with Crippen molar-refractivity contribution in [2.45, 2.75) is 0 Å². The third-order valence-electron chi connectivity index (χ3n) is 2.36. The molecule has 0 fully saturated rings. The van der Waals surface area contributed by atoms with Gasteiger partial charge in [-0.3, -0.25) is 4.79 Å². The van der Waals surface area contributed by atoms with E-state index in [9.17, 15) is 4.79 Å². The van der Waals surface area contributed by atoms with Gasteiger partial charge >= 0.3 is 0 Å². The lowest BCUT2D eigenvalue weighted by Gasteiger charge is -2.21. The Morgan fingerprint density at radius 1 is 1.39 bits per heavy atom. The van der Waals surface area contributed by atoms with E-state index in [0.29, 0.717) is 16.9 Å². The summed E-state index contributed by atoms with van der Waals surface area (Å²) in [6, 6.07) is 8.67. The van der Waals surface area contributed by atoms with Crippen molar-refractivity contribution in [2.75, 3.05) is 30.8 Å². The highest BCUT2D eigenvalue weighted by atomic mass is 16.1. The van der Waals surface area contributed by atoms with E-state index in [2.05, 4.69) is 5.32 Å². The molecular formula is C12H13N5O. The predicted molar refractivity (Wildman–Crippen MR) is 67.7 cm³/mol. The number of anilines is 2. The van der Waals surface area contributed by atoms with E-state index in [1.807, 2.05) is 12.1 Å². The van der Waals surface area contributed by atoms with Crippen molar-refractivity contribution in [1.29, 1.82) is 10.5 Å². The number of carbonyl (C=O) groups excluding carboxylic acids is 1. The van der Waals surface area contributed by atoms with Crippen molar-refractivity contribution in [3.05, 3.63) is 23.8 Å². The van der Waals surface area contributed by atoms with Crippen LogP contribution in [0.1, 0.15) is 10.4 Å². The number of hydrogen-bond acceptors (Lipinski definition) is 5. The monoisotopic (exact) mass is 243 g/mol. The van der Waals surface area contributed by atoms with Crippen LogP contribution in [-0.2, 0) is 0 Å². The Labute approximate surface area is 105 Å². The Morgan fingerprint density at radius 3 is 2.50 bits per heavy atom. The van der Waals surface area contributed by atoms with E-state index < -0.39 is 0 Å². The third kappa shape index (κ3) is 2.89. The largest absolute Gasteiger partial charge is 0.399 e. The van der Waals surface area contributed by atoms with Crippen LogP contribution in [0.2, 0.25) is 0 Å². The van der Waals surface area contributed by atoms with Crippen molar-refractivity contribution >= 4 is 17.3 Å². The maximum atomic E-state index is 11.7. The van der Waals surface area contributed by atoms with Crippen molar-refractivity contribution in [2.24, 2.45) is 0 Å². The van der Waals surface area contributed by atoms with Gasteiger partial charge in [0.1, 0.15) is 13.1 Å². The van der Waals surface area contributed by atoms with Crippen LogP contribution in [0.3, 0.4) is 0 Å². The lowest BCUT2D eigenvalue weighted by atomic mass is 10.1. The summed E-state index contributed by atoms with van der Waals surface area (Å²) < 4.78 is 0. The first-order chi connectivity index (χ1) is 8.63. The van der Waals surface area contributed by atoms with Crippen molar-refractivity contribution in [3.63, 3.8) is 0 Å². The van der Waals surface area contributed by atoms with Crippen LogP contribution in [0, 0.1) is 22.7 Å². The number of nitrogens with zero attached hydrogens (tertiary/aromatic N) is 3. The van der Waals surface area contributed by atoms with Gasteiger partial charge in [0.2, 0.25) is 0 Å². The molecule has 1 aromatic carbocycles. The number of hydrogen-bond donors (Lipinski definition) is 2. The van der Waals surface area contributed by atoms with E-state index in [4.69, 9.17) is 16.3 Å². The fourth-order valence-electron chi connectivity index (χ4n) is 1.53. The van der Waals surface area contributed by atoms with Gasteiger partial charge < -0.3 is 16.0 Å². The van der Waals surface area contributed by atoms with Crippen LogP contribution in [0.5, 0.6) is 0 Å². The summed E-state index contributed by atoms with van der Waals surface area (Å²) in [5.74, 6) is -0.286. The summed E-state index contributed by atoms with van der Waals surface area (Å²) in [6.07, 6.45) is 0. The number of rotatable bonds is 4. The molecule has 0 aliphatic carbocycles. The molecule has 0 unspecified atom stereocenters. The van der Waals surface area contributed by atoms with Gasteiger partial charge in [0, 0.05) is 12.7 Å². The summed E-state index contributed by atoms with van der Waals surface area (Å²) in [5, 5.41) is 20.0. The molecule has 0 saturated carbocycles. The highest BCUT2D eigenvalue weighted by Crippen LogP contribution is 2.23. The lowest BCUT2D eigenvalue weighted by Crippen LogP contribution is -2.28. The molecule has 0 aromatic heterocycles. The Hall–Kier alpha value is -2.73. The Kier molecular flexibility index (Phi) is 4.53. The van der Waals surface area contributed by atoms with Gasteiger partial charge in [-0.15, -0.1) is 0 Å². The zero-order chi connectivity index (χ0) is 13.5. The topological polar surface area (TPSA) is 106 Å². The van der Waals surface area contributed by atoms with Crippen molar-refractivity contribution in [3.8, 4) is 12.1 Å². The van der Waals surface area contributed by atoms with Crippen LogP contribution < -0.4 is 16.0 Å². The van der Waals surface area contributed by atoms with E-state index in [1.165, 1.54) is 11.9 Å².